The molecule has 122 valence electrons. The summed E-state index contributed by atoms with van der Waals surface area (Å²) in [6.07, 6.45) is 1.65. The van der Waals surface area contributed by atoms with E-state index in [-0.39, 0.29) is 5.91 Å². The Hall–Kier alpha value is -2.34. The summed E-state index contributed by atoms with van der Waals surface area (Å²) in [6, 6.07) is 12.4. The molecule has 0 aliphatic carbocycles. The largest absolute Gasteiger partial charge is 0.493 e. The average molecular weight is 333 g/mol. The van der Waals surface area contributed by atoms with Crippen LogP contribution in [0.5, 0.6) is 11.5 Å². The molecule has 0 spiro atoms. The third-order valence-electron chi connectivity index (χ3n) is 3.20. The van der Waals surface area contributed by atoms with Gasteiger partial charge in [-0.1, -0.05) is 18.2 Å². The summed E-state index contributed by atoms with van der Waals surface area (Å²) in [5, 5.41) is 2.82. The van der Waals surface area contributed by atoms with Crippen LogP contribution in [0.1, 0.15) is 15.9 Å². The Balaban J connectivity index is 2.24. The highest BCUT2D eigenvalue weighted by atomic mass is 32.2. The van der Waals surface area contributed by atoms with Crippen LogP contribution in [0.25, 0.3) is 0 Å². The molecule has 1 N–H and O–H groups in total. The summed E-state index contributed by atoms with van der Waals surface area (Å²) in [7, 11) is 2.08. The van der Waals surface area contributed by atoms with Crippen LogP contribution < -0.4 is 14.8 Å². The molecule has 1 amide bonds. The number of anilines is 1. The van der Waals surface area contributed by atoms with Gasteiger partial charge in [0.25, 0.3) is 5.91 Å². The van der Waals surface area contributed by atoms with Gasteiger partial charge in [-0.15, -0.1) is 0 Å². The first-order chi connectivity index (χ1) is 11.0. The number of ether oxygens (including phenoxy) is 2. The summed E-state index contributed by atoms with van der Waals surface area (Å²) in [5.41, 5.74) is 1.93. The summed E-state index contributed by atoms with van der Waals surface area (Å²) in [4.78, 5) is 12.5. The average Bonchev–Trinajstić information content (AvgIpc) is 2.53. The Labute approximate surface area is 138 Å². The van der Waals surface area contributed by atoms with E-state index in [0.29, 0.717) is 28.5 Å². The quantitative estimate of drug-likeness (QED) is 0.883. The second-order valence-corrected chi connectivity index (χ2v) is 6.35. The molecule has 0 radical (unpaired) electrons. The van der Waals surface area contributed by atoms with Gasteiger partial charge in [0.15, 0.2) is 11.5 Å². The molecule has 0 aliphatic heterocycles. The Morgan fingerprint density at radius 2 is 1.87 bits per heavy atom. The fourth-order valence-corrected chi connectivity index (χ4v) is 2.89. The Morgan fingerprint density at radius 3 is 2.52 bits per heavy atom. The molecule has 0 saturated carbocycles. The van der Waals surface area contributed by atoms with Gasteiger partial charge in [0, 0.05) is 28.5 Å². The molecule has 1 atom stereocenters. The van der Waals surface area contributed by atoms with Crippen molar-refractivity contribution in [2.75, 3.05) is 25.8 Å². The molecular weight excluding hydrogens is 314 g/mol. The zero-order valence-electron chi connectivity index (χ0n) is 13.3. The Bertz CT molecular complexity index is 730. The lowest BCUT2D eigenvalue weighted by molar-refractivity contribution is 0.102. The van der Waals surface area contributed by atoms with Gasteiger partial charge < -0.3 is 14.8 Å². The van der Waals surface area contributed by atoms with Crippen molar-refractivity contribution in [2.24, 2.45) is 0 Å². The minimum absolute atomic E-state index is 0.296. The molecule has 2 rings (SSSR count). The van der Waals surface area contributed by atoms with Crippen molar-refractivity contribution in [2.45, 2.75) is 5.75 Å². The predicted octanol–water partition coefficient (Wildman–Crippen LogP) is 2.83. The van der Waals surface area contributed by atoms with Gasteiger partial charge in [-0.05, 0) is 29.8 Å². The highest BCUT2D eigenvalue weighted by molar-refractivity contribution is 7.83. The molecule has 1 unspecified atom stereocenters. The first-order valence-corrected chi connectivity index (χ1v) is 8.69. The summed E-state index contributed by atoms with van der Waals surface area (Å²) in [5.74, 6) is 1.04. The van der Waals surface area contributed by atoms with E-state index in [0.717, 1.165) is 5.56 Å². The van der Waals surface area contributed by atoms with Crippen molar-refractivity contribution >= 4 is 22.4 Å². The van der Waals surface area contributed by atoms with Gasteiger partial charge in [-0.3, -0.25) is 9.00 Å². The number of carbonyl (C=O) groups is 1. The van der Waals surface area contributed by atoms with Crippen molar-refractivity contribution in [3.05, 3.63) is 53.6 Å². The third kappa shape index (κ3) is 4.32. The van der Waals surface area contributed by atoms with E-state index in [1.54, 1.807) is 30.5 Å². The van der Waals surface area contributed by atoms with Crippen LogP contribution >= 0.6 is 0 Å². The fraction of sp³-hybridized carbons (Fsp3) is 0.235. The number of para-hydroxylation sites is 1. The minimum atomic E-state index is -0.932. The first kappa shape index (κ1) is 17.0. The van der Waals surface area contributed by atoms with E-state index in [4.69, 9.17) is 9.47 Å². The van der Waals surface area contributed by atoms with E-state index in [2.05, 4.69) is 5.32 Å². The number of amides is 1. The van der Waals surface area contributed by atoms with Crippen molar-refractivity contribution in [1.82, 2.24) is 0 Å². The van der Waals surface area contributed by atoms with Crippen LogP contribution in [0.4, 0.5) is 5.69 Å². The van der Waals surface area contributed by atoms with Crippen molar-refractivity contribution in [3.63, 3.8) is 0 Å². The standard InChI is InChI=1S/C17H19NO4S/c1-21-15-9-5-8-14(16(15)22-2)17(19)18-13-7-4-6-12(10-13)11-23(3)20/h4-10H,11H2,1-3H3,(H,18,19). The normalized spacial score (nSPS) is 11.6. The monoisotopic (exact) mass is 333 g/mol. The van der Waals surface area contributed by atoms with E-state index < -0.39 is 10.8 Å². The summed E-state index contributed by atoms with van der Waals surface area (Å²) < 4.78 is 21.8. The van der Waals surface area contributed by atoms with Crippen LogP contribution in [0.3, 0.4) is 0 Å². The number of benzene rings is 2. The molecule has 0 aliphatic rings. The molecule has 2 aromatic rings. The van der Waals surface area contributed by atoms with E-state index in [1.165, 1.54) is 14.2 Å². The number of hydrogen-bond donors (Lipinski definition) is 1. The highest BCUT2D eigenvalue weighted by Gasteiger charge is 2.16. The second-order valence-electron chi connectivity index (χ2n) is 4.91. The van der Waals surface area contributed by atoms with Crippen LogP contribution in [0, 0.1) is 0 Å². The SMILES string of the molecule is COc1cccc(C(=O)Nc2cccc(CS(C)=O)c2)c1OC. The van der Waals surface area contributed by atoms with Crippen molar-refractivity contribution < 1.29 is 18.5 Å². The maximum absolute atomic E-state index is 12.5. The molecule has 2 aromatic carbocycles. The lowest BCUT2D eigenvalue weighted by Crippen LogP contribution is -2.13. The second kappa shape index (κ2) is 7.78. The number of nitrogens with one attached hydrogen (secondary N) is 1. The number of methoxy groups -OCH3 is 2. The van der Waals surface area contributed by atoms with Crippen LogP contribution in [-0.4, -0.2) is 30.6 Å². The summed E-state index contributed by atoms with van der Waals surface area (Å²) >= 11 is 0. The maximum atomic E-state index is 12.5. The number of rotatable bonds is 6. The molecule has 0 fully saturated rings. The van der Waals surface area contributed by atoms with Crippen LogP contribution in [0.15, 0.2) is 42.5 Å². The zero-order chi connectivity index (χ0) is 16.8. The van der Waals surface area contributed by atoms with Gasteiger partial charge >= 0.3 is 0 Å². The zero-order valence-corrected chi connectivity index (χ0v) is 14.1. The predicted molar refractivity (Wildman–Crippen MR) is 91.7 cm³/mol. The van der Waals surface area contributed by atoms with E-state index in [1.807, 2.05) is 18.2 Å². The van der Waals surface area contributed by atoms with Gasteiger partial charge in [0.1, 0.15) is 0 Å². The smallest absolute Gasteiger partial charge is 0.259 e. The molecule has 23 heavy (non-hydrogen) atoms. The molecule has 0 heterocycles. The van der Waals surface area contributed by atoms with Gasteiger partial charge in [-0.2, -0.15) is 0 Å². The number of carbonyl (C=O) groups excluding carboxylic acids is 1. The fourth-order valence-electron chi connectivity index (χ4n) is 2.24. The number of hydrogen-bond acceptors (Lipinski definition) is 4. The van der Waals surface area contributed by atoms with Crippen molar-refractivity contribution in [3.8, 4) is 11.5 Å². The highest BCUT2D eigenvalue weighted by Crippen LogP contribution is 2.31. The first-order valence-electron chi connectivity index (χ1n) is 6.96. The van der Waals surface area contributed by atoms with Gasteiger partial charge in [-0.25, -0.2) is 0 Å². The summed E-state index contributed by atoms with van der Waals surface area (Å²) in [6.45, 7) is 0. The Kier molecular flexibility index (Phi) is 5.76. The molecule has 0 bridgehead atoms. The molecule has 0 aromatic heterocycles. The lowest BCUT2D eigenvalue weighted by Gasteiger charge is -2.13. The third-order valence-corrected chi connectivity index (χ3v) is 3.94. The topological polar surface area (TPSA) is 64.6 Å². The molecule has 6 heteroatoms. The lowest BCUT2D eigenvalue weighted by atomic mass is 10.1. The minimum Gasteiger partial charge on any atom is -0.493 e. The van der Waals surface area contributed by atoms with Crippen LogP contribution in [-0.2, 0) is 16.6 Å². The molecule has 5 nitrogen and oxygen atoms in total. The van der Waals surface area contributed by atoms with Gasteiger partial charge in [0.05, 0.1) is 19.8 Å². The van der Waals surface area contributed by atoms with Crippen molar-refractivity contribution in [1.29, 1.82) is 0 Å². The Morgan fingerprint density at radius 1 is 1.13 bits per heavy atom. The van der Waals surface area contributed by atoms with E-state index in [9.17, 15) is 9.00 Å². The van der Waals surface area contributed by atoms with Gasteiger partial charge in [0.2, 0.25) is 0 Å². The van der Waals surface area contributed by atoms with Crippen LogP contribution in [0.2, 0.25) is 0 Å². The molecule has 0 saturated heterocycles. The molecular formula is C17H19NO4S. The maximum Gasteiger partial charge on any atom is 0.259 e. The van der Waals surface area contributed by atoms with E-state index >= 15 is 0 Å².